The summed E-state index contributed by atoms with van der Waals surface area (Å²) in [5, 5.41) is 16.2. The molecule has 1 aromatic carbocycles. The average molecular weight is 616 g/mol. The number of aliphatic hydroxyl groups is 1. The molecule has 7 nitrogen and oxygen atoms in total. The summed E-state index contributed by atoms with van der Waals surface area (Å²) in [6.45, 7) is 6.12. The van der Waals surface area contributed by atoms with Crippen molar-refractivity contribution in [1.82, 2.24) is 15.0 Å². The summed E-state index contributed by atoms with van der Waals surface area (Å²) in [4.78, 5) is 30.5. The van der Waals surface area contributed by atoms with Gasteiger partial charge in [0.15, 0.2) is 0 Å². The van der Waals surface area contributed by atoms with E-state index in [1.165, 1.54) is 34.3 Å². The molecular weight excluding hydrogens is 588 g/mol. The molecule has 0 bridgehead atoms. The molecule has 2 N–H and O–H groups in total. The summed E-state index contributed by atoms with van der Waals surface area (Å²) < 4.78 is 46.1. The molecule has 0 radical (unpaired) electrons. The van der Waals surface area contributed by atoms with Crippen molar-refractivity contribution in [2.45, 2.75) is 46.2 Å². The fourth-order valence-corrected chi connectivity index (χ4v) is 5.50. The van der Waals surface area contributed by atoms with Gasteiger partial charge in [-0.1, -0.05) is 64.2 Å². The fraction of sp³-hybridized carbons (Fsp3) is 0.360. The first-order chi connectivity index (χ1) is 16.7. The first-order valence-corrected chi connectivity index (χ1v) is 13.6. The number of hydrogen-bond donors (Lipinski definition) is 2. The Labute approximate surface area is 217 Å². The number of nitrogens with zero attached hydrogens (tertiary/aromatic N) is 3. The van der Waals surface area contributed by atoms with Crippen LogP contribution in [0.2, 0.25) is 0 Å². The van der Waals surface area contributed by atoms with E-state index >= 15 is 0 Å². The van der Waals surface area contributed by atoms with Gasteiger partial charge in [0, 0.05) is 17.5 Å². The number of aliphatic hydroxyl groups excluding tert-OH is 1. The van der Waals surface area contributed by atoms with Crippen LogP contribution in [-0.4, -0.2) is 49.5 Å². The molecule has 0 aliphatic carbocycles. The van der Waals surface area contributed by atoms with E-state index < -0.39 is 72.8 Å². The maximum atomic E-state index is 14.4. The van der Waals surface area contributed by atoms with Gasteiger partial charge in [-0.3, -0.25) is 14.6 Å². The van der Waals surface area contributed by atoms with E-state index in [2.05, 4.69) is 14.8 Å². The Kier molecular flexibility index (Phi) is 7.94. The van der Waals surface area contributed by atoms with Crippen molar-refractivity contribution in [3.8, 4) is 0 Å². The number of hydrazine groups is 1. The molecule has 3 rings (SSSR count). The van der Waals surface area contributed by atoms with Crippen molar-refractivity contribution >= 4 is 42.9 Å². The van der Waals surface area contributed by atoms with Crippen LogP contribution in [0.25, 0.3) is 0 Å². The van der Waals surface area contributed by atoms with E-state index in [0.29, 0.717) is 16.1 Å². The number of anilines is 1. The molecule has 0 saturated carbocycles. The van der Waals surface area contributed by atoms with Gasteiger partial charge in [-0.2, -0.15) is 8.78 Å². The van der Waals surface area contributed by atoms with Crippen LogP contribution in [0.3, 0.4) is 0 Å². The van der Waals surface area contributed by atoms with Crippen LogP contribution in [0.15, 0.2) is 47.7 Å². The summed E-state index contributed by atoms with van der Waals surface area (Å²) in [6.07, 6.45) is 0. The molecule has 2 amide bonds. The predicted octanol–water partition coefficient (Wildman–Crippen LogP) is 4.96. The minimum absolute atomic E-state index is 0.0515. The normalized spacial score (nSPS) is 17.5. The van der Waals surface area contributed by atoms with Crippen LogP contribution in [0.5, 0.6) is 0 Å². The van der Waals surface area contributed by atoms with Crippen molar-refractivity contribution in [2.24, 2.45) is 5.41 Å². The minimum Gasteiger partial charge on any atom is -0.509 e. The Morgan fingerprint density at radius 3 is 2.42 bits per heavy atom. The maximum absolute atomic E-state index is 14.4. The maximum Gasteiger partial charge on any atom is 0.287 e. The minimum atomic E-state index is -3.24. The molecule has 1 unspecified atom stereocenters. The van der Waals surface area contributed by atoms with Crippen molar-refractivity contribution in [1.29, 1.82) is 0 Å². The number of likely N-dealkylation sites (N-methyl/N-ethyl adjacent to an activating group) is 1. The van der Waals surface area contributed by atoms with E-state index in [9.17, 15) is 27.9 Å². The summed E-state index contributed by atoms with van der Waals surface area (Å²) in [5.41, 5.74) is -1.18. The number of rotatable bonds is 6. The van der Waals surface area contributed by atoms with E-state index in [4.69, 9.17) is 0 Å². The van der Waals surface area contributed by atoms with Crippen molar-refractivity contribution in [2.75, 3.05) is 12.4 Å². The zero-order valence-corrected chi connectivity index (χ0v) is 22.7. The number of carbonyl (C=O) groups is 2. The lowest BCUT2D eigenvalue weighted by Crippen LogP contribution is -2.59. The van der Waals surface area contributed by atoms with Gasteiger partial charge in [-0.05, 0) is 29.2 Å². The highest BCUT2D eigenvalue weighted by atomic mass is 127. The summed E-state index contributed by atoms with van der Waals surface area (Å²) in [5.74, 6) is -6.10. The fourth-order valence-electron chi connectivity index (χ4n) is 4.11. The Bertz CT molecular complexity index is 1240. The molecule has 0 saturated heterocycles. The summed E-state index contributed by atoms with van der Waals surface area (Å²) >= 11 is -0.899. The molecule has 1 atom stereocenters. The molecule has 2 heterocycles. The second-order valence-electron chi connectivity index (χ2n) is 9.56. The quantitative estimate of drug-likeness (QED) is 0.354. The number of hydrogen-bond acceptors (Lipinski definition) is 5. The Morgan fingerprint density at radius 1 is 1.19 bits per heavy atom. The third-order valence-electron chi connectivity index (χ3n) is 5.69. The molecular formula is C25H28F3IN4O3. The van der Waals surface area contributed by atoms with Gasteiger partial charge in [-0.15, -0.1) is 0 Å². The van der Waals surface area contributed by atoms with Crippen LogP contribution in [0, 0.1) is 14.8 Å². The topological polar surface area (TPSA) is 85.8 Å². The molecule has 1 aliphatic rings. The number of aromatic nitrogens is 1. The summed E-state index contributed by atoms with van der Waals surface area (Å²) in [6, 6.07) is 7.49. The zero-order valence-electron chi connectivity index (χ0n) is 20.6. The predicted molar refractivity (Wildman–Crippen MR) is 140 cm³/mol. The number of halogens is 4. The van der Waals surface area contributed by atoms with Crippen molar-refractivity contribution in [3.63, 3.8) is 0 Å². The van der Waals surface area contributed by atoms with E-state index in [1.54, 1.807) is 13.1 Å². The highest BCUT2D eigenvalue weighted by molar-refractivity contribution is 14.2. The monoisotopic (exact) mass is 616 g/mol. The Hall–Kier alpha value is -2.80. The van der Waals surface area contributed by atoms with Gasteiger partial charge in [0.1, 0.15) is 28.7 Å². The van der Waals surface area contributed by atoms with Crippen molar-refractivity contribution in [3.05, 3.63) is 68.4 Å². The lowest BCUT2D eigenvalue weighted by atomic mass is 9.82. The number of nitrogens with one attached hydrogen (secondary N) is 1. The first-order valence-electron chi connectivity index (χ1n) is 11.0. The lowest BCUT2D eigenvalue weighted by molar-refractivity contribution is -0.157. The van der Waals surface area contributed by atoms with Gasteiger partial charge < -0.3 is 10.4 Å². The molecule has 1 aliphatic heterocycles. The largest absolute Gasteiger partial charge is 0.509 e. The van der Waals surface area contributed by atoms with Gasteiger partial charge in [0.05, 0.1) is 12.6 Å². The summed E-state index contributed by atoms with van der Waals surface area (Å²) in [7, 11) is 1.60. The van der Waals surface area contributed by atoms with E-state index in [-0.39, 0.29) is 12.4 Å². The number of amides is 2. The van der Waals surface area contributed by atoms with Gasteiger partial charge in [-0.25, -0.2) is 14.4 Å². The third-order valence-corrected chi connectivity index (χ3v) is 7.66. The van der Waals surface area contributed by atoms with Gasteiger partial charge in [0.25, 0.3) is 17.7 Å². The number of pyridine rings is 1. The Morgan fingerprint density at radius 2 is 1.83 bits per heavy atom. The molecule has 0 spiro atoms. The smallest absolute Gasteiger partial charge is 0.287 e. The number of alkyl halides is 2. The molecule has 11 heteroatoms. The van der Waals surface area contributed by atoms with Crippen LogP contribution in [0.1, 0.15) is 39.0 Å². The van der Waals surface area contributed by atoms with Crippen LogP contribution in [-0.2, 0) is 22.1 Å². The van der Waals surface area contributed by atoms with Gasteiger partial charge >= 0.3 is 0 Å². The van der Waals surface area contributed by atoms with Crippen LogP contribution < -0.4 is 5.32 Å². The lowest BCUT2D eigenvalue weighted by Gasteiger charge is -2.46. The second-order valence-corrected chi connectivity index (χ2v) is 11.4. The highest BCUT2D eigenvalue weighted by Crippen LogP contribution is 2.36. The highest BCUT2D eigenvalue weighted by Gasteiger charge is 2.46. The molecule has 36 heavy (non-hydrogen) atoms. The number of carbonyl (C=O) groups excluding carboxylic acids is 2. The molecule has 1 aromatic heterocycles. The molecule has 2 aromatic rings. The first kappa shape index (κ1) is 27.8. The van der Waals surface area contributed by atoms with Crippen molar-refractivity contribution < 1.29 is 27.9 Å². The number of benzene rings is 1. The van der Waals surface area contributed by atoms with E-state index in [0.717, 1.165) is 6.07 Å². The van der Waals surface area contributed by atoms with E-state index in [1.807, 2.05) is 20.8 Å². The second kappa shape index (κ2) is 10.3. The molecule has 0 fully saturated rings. The standard InChI is InChI=1S/C25H28F3IN4O3/c1-24(2,3)21-20(34)18(22(35)31-17-12-8-11-16(30-17)25(4,27)28)23(36)33(32(21)6)13-14-9-7-10-15(26)19(14)29-5/h7-12,21,34H,5,13H2,1-4,6H3,(H,30,31,35). The average Bonchev–Trinajstić information content (AvgIpc) is 2.75. The third kappa shape index (κ3) is 5.61. The van der Waals surface area contributed by atoms with Gasteiger partial charge in [0.2, 0.25) is 0 Å². The zero-order chi connectivity index (χ0) is 27.0. The Balaban J connectivity index is 2.04. The SMILES string of the molecule is C=Ic1c(F)cccc1CN1C(=O)C(C(=O)Nc2cccc(C(C)(F)F)n2)=C(O)C(C(C)(C)C)N1C. The van der Waals surface area contributed by atoms with Crippen LogP contribution in [0.4, 0.5) is 19.0 Å². The molecule has 194 valence electrons. The van der Waals surface area contributed by atoms with Crippen LogP contribution >= 0.6 is 20.7 Å².